The third-order valence-electron chi connectivity index (χ3n) is 2.08. The summed E-state index contributed by atoms with van der Waals surface area (Å²) in [4.78, 5) is 13.5. The molecule has 2 heterocycles. The quantitative estimate of drug-likeness (QED) is 0.596. The van der Waals surface area contributed by atoms with Crippen LogP contribution in [0.3, 0.4) is 0 Å². The molecule has 1 aliphatic rings. The normalized spacial score (nSPS) is 17.4. The molecule has 0 bridgehead atoms. The Morgan fingerprint density at radius 1 is 1.54 bits per heavy atom. The Kier molecular flexibility index (Phi) is 2.27. The first kappa shape index (κ1) is 8.25. The highest BCUT2D eigenvalue weighted by molar-refractivity contribution is 5.93. The van der Waals surface area contributed by atoms with Crippen molar-refractivity contribution in [3.8, 4) is 0 Å². The van der Waals surface area contributed by atoms with Gasteiger partial charge in [-0.15, -0.1) is 0 Å². The lowest BCUT2D eigenvalue weighted by Crippen LogP contribution is -2.46. The number of carbonyl (C=O) groups is 1. The van der Waals surface area contributed by atoms with Crippen molar-refractivity contribution in [2.75, 3.05) is 26.2 Å². The Bertz CT molecular complexity index is 276. The van der Waals surface area contributed by atoms with Crippen molar-refractivity contribution in [3.05, 3.63) is 18.0 Å². The first-order valence-corrected chi connectivity index (χ1v) is 4.29. The molecule has 1 fully saturated rings. The van der Waals surface area contributed by atoms with Gasteiger partial charge in [-0.25, -0.2) is 0 Å². The highest BCUT2D eigenvalue weighted by Gasteiger charge is 2.18. The Labute approximate surface area is 76.1 Å². The monoisotopic (exact) mass is 179 g/mol. The van der Waals surface area contributed by atoms with E-state index < -0.39 is 0 Å². The molecule has 1 radical (unpaired) electrons. The van der Waals surface area contributed by atoms with Gasteiger partial charge in [0.1, 0.15) is 6.20 Å². The molecule has 13 heavy (non-hydrogen) atoms. The number of carbonyl (C=O) groups excluding carboxylic acids is 1. The van der Waals surface area contributed by atoms with Crippen LogP contribution in [0.5, 0.6) is 0 Å². The van der Waals surface area contributed by atoms with Gasteiger partial charge >= 0.3 is 0 Å². The second-order valence-electron chi connectivity index (χ2n) is 2.95. The van der Waals surface area contributed by atoms with Crippen LogP contribution in [0, 0.1) is 6.20 Å². The topological polar surface area (TPSA) is 61.0 Å². The molecule has 1 saturated heterocycles. The van der Waals surface area contributed by atoms with Gasteiger partial charge < -0.3 is 10.2 Å². The van der Waals surface area contributed by atoms with Gasteiger partial charge in [0.2, 0.25) is 0 Å². The fourth-order valence-electron chi connectivity index (χ4n) is 1.37. The molecule has 1 amide bonds. The van der Waals surface area contributed by atoms with Crippen LogP contribution in [0.4, 0.5) is 0 Å². The zero-order valence-corrected chi connectivity index (χ0v) is 7.21. The number of hydrogen-bond donors (Lipinski definition) is 2. The zero-order chi connectivity index (χ0) is 9.10. The van der Waals surface area contributed by atoms with E-state index in [4.69, 9.17) is 0 Å². The van der Waals surface area contributed by atoms with Gasteiger partial charge in [-0.1, -0.05) is 0 Å². The van der Waals surface area contributed by atoms with Crippen LogP contribution in [0.25, 0.3) is 0 Å². The van der Waals surface area contributed by atoms with Crippen LogP contribution in [-0.4, -0.2) is 47.2 Å². The second-order valence-corrected chi connectivity index (χ2v) is 2.95. The first-order chi connectivity index (χ1) is 6.38. The predicted molar refractivity (Wildman–Crippen MR) is 46.2 cm³/mol. The molecule has 0 aromatic carbocycles. The molecule has 0 saturated carbocycles. The van der Waals surface area contributed by atoms with Crippen molar-refractivity contribution in [1.82, 2.24) is 20.4 Å². The minimum Gasteiger partial charge on any atom is -0.336 e. The Morgan fingerprint density at radius 2 is 2.31 bits per heavy atom. The molecule has 0 unspecified atom stereocenters. The van der Waals surface area contributed by atoms with E-state index in [1.165, 1.54) is 0 Å². The van der Waals surface area contributed by atoms with E-state index in [9.17, 15) is 4.79 Å². The SMILES string of the molecule is O=C(c1[c]n[nH]c1)N1CCNCC1. The summed E-state index contributed by atoms with van der Waals surface area (Å²) in [7, 11) is 0. The molecular formula is C8H11N4O. The maximum Gasteiger partial charge on any atom is 0.257 e. The smallest absolute Gasteiger partial charge is 0.257 e. The molecule has 1 aromatic heterocycles. The summed E-state index contributed by atoms with van der Waals surface area (Å²) in [6.45, 7) is 3.25. The van der Waals surface area contributed by atoms with Crippen LogP contribution in [-0.2, 0) is 0 Å². The highest BCUT2D eigenvalue weighted by atomic mass is 16.2. The molecule has 0 atom stereocenters. The first-order valence-electron chi connectivity index (χ1n) is 4.29. The fourth-order valence-corrected chi connectivity index (χ4v) is 1.37. The third kappa shape index (κ3) is 1.70. The predicted octanol–water partition coefficient (Wildman–Crippen LogP) is -0.745. The summed E-state index contributed by atoms with van der Waals surface area (Å²) >= 11 is 0. The van der Waals surface area contributed by atoms with Crippen LogP contribution in [0.2, 0.25) is 0 Å². The summed E-state index contributed by atoms with van der Waals surface area (Å²) in [5.41, 5.74) is 0.516. The van der Waals surface area contributed by atoms with Gasteiger partial charge in [0.15, 0.2) is 0 Å². The van der Waals surface area contributed by atoms with Gasteiger partial charge in [-0.2, -0.15) is 5.10 Å². The molecule has 0 spiro atoms. The van der Waals surface area contributed by atoms with E-state index in [1.54, 1.807) is 11.1 Å². The third-order valence-corrected chi connectivity index (χ3v) is 2.08. The van der Waals surface area contributed by atoms with Crippen LogP contribution >= 0.6 is 0 Å². The van der Waals surface area contributed by atoms with Crippen molar-refractivity contribution in [1.29, 1.82) is 0 Å². The molecular weight excluding hydrogens is 168 g/mol. The van der Waals surface area contributed by atoms with Gasteiger partial charge in [-0.05, 0) is 0 Å². The van der Waals surface area contributed by atoms with Crippen molar-refractivity contribution < 1.29 is 4.79 Å². The lowest BCUT2D eigenvalue weighted by Gasteiger charge is -2.26. The molecule has 5 heteroatoms. The van der Waals surface area contributed by atoms with E-state index in [0.29, 0.717) is 5.56 Å². The number of amides is 1. The Balaban J connectivity index is 2.04. The van der Waals surface area contributed by atoms with Crippen molar-refractivity contribution in [2.45, 2.75) is 0 Å². The van der Waals surface area contributed by atoms with Crippen LogP contribution < -0.4 is 5.32 Å². The number of rotatable bonds is 1. The lowest BCUT2D eigenvalue weighted by molar-refractivity contribution is 0.0735. The minimum atomic E-state index is 0.00949. The summed E-state index contributed by atoms with van der Waals surface area (Å²) < 4.78 is 0. The molecule has 1 aliphatic heterocycles. The van der Waals surface area contributed by atoms with Crippen LogP contribution in [0.15, 0.2) is 6.20 Å². The van der Waals surface area contributed by atoms with Gasteiger partial charge in [0, 0.05) is 32.4 Å². The van der Waals surface area contributed by atoms with Gasteiger partial charge in [0.05, 0.1) is 5.56 Å². The second kappa shape index (κ2) is 3.57. The number of H-pyrrole nitrogens is 1. The van der Waals surface area contributed by atoms with Gasteiger partial charge in [-0.3, -0.25) is 9.89 Å². The van der Waals surface area contributed by atoms with Crippen LogP contribution in [0.1, 0.15) is 10.4 Å². The van der Waals surface area contributed by atoms with Crippen molar-refractivity contribution in [3.63, 3.8) is 0 Å². The molecule has 5 nitrogen and oxygen atoms in total. The van der Waals surface area contributed by atoms with Crippen molar-refractivity contribution >= 4 is 5.91 Å². The molecule has 2 N–H and O–H groups in total. The average Bonchev–Trinajstić information content (AvgIpc) is 2.71. The Hall–Kier alpha value is -1.36. The number of hydrogen-bond acceptors (Lipinski definition) is 3. The number of nitrogens with zero attached hydrogens (tertiary/aromatic N) is 2. The lowest BCUT2D eigenvalue weighted by atomic mass is 10.3. The molecule has 0 aliphatic carbocycles. The maximum atomic E-state index is 11.7. The number of piperazine rings is 1. The van der Waals surface area contributed by atoms with E-state index in [1.807, 2.05) is 0 Å². The molecule has 1 aromatic rings. The fraction of sp³-hybridized carbons (Fsp3) is 0.500. The summed E-state index contributed by atoms with van der Waals surface area (Å²) in [6.07, 6.45) is 4.19. The largest absolute Gasteiger partial charge is 0.336 e. The molecule has 2 rings (SSSR count). The summed E-state index contributed by atoms with van der Waals surface area (Å²) in [6, 6.07) is 0. The highest BCUT2D eigenvalue weighted by Crippen LogP contribution is 2.02. The minimum absolute atomic E-state index is 0.00949. The number of aromatic amines is 1. The maximum absolute atomic E-state index is 11.7. The van der Waals surface area contributed by atoms with E-state index in [2.05, 4.69) is 21.7 Å². The summed E-state index contributed by atoms with van der Waals surface area (Å²) in [5, 5.41) is 9.39. The van der Waals surface area contributed by atoms with E-state index >= 15 is 0 Å². The number of aromatic nitrogens is 2. The summed E-state index contributed by atoms with van der Waals surface area (Å²) in [5.74, 6) is 0.00949. The zero-order valence-electron chi connectivity index (χ0n) is 7.21. The standard InChI is InChI=1S/C8H11N4O/c13-8(7-5-10-11-6-7)12-3-1-9-2-4-12/h5,9H,1-4H2,(H,10,11). The molecule has 69 valence electrons. The Morgan fingerprint density at radius 3 is 2.92 bits per heavy atom. The number of nitrogens with one attached hydrogen (secondary N) is 2. The van der Waals surface area contributed by atoms with Crippen molar-refractivity contribution in [2.24, 2.45) is 0 Å². The van der Waals surface area contributed by atoms with E-state index in [0.717, 1.165) is 26.2 Å². The van der Waals surface area contributed by atoms with Gasteiger partial charge in [0.25, 0.3) is 5.91 Å². The average molecular weight is 179 g/mol. The van der Waals surface area contributed by atoms with E-state index in [-0.39, 0.29) is 5.91 Å².